The van der Waals surface area contributed by atoms with Gasteiger partial charge in [0.05, 0.1) is 13.7 Å². The summed E-state index contributed by atoms with van der Waals surface area (Å²) in [7, 11) is 1.40. The van der Waals surface area contributed by atoms with E-state index in [4.69, 9.17) is 4.74 Å². The lowest BCUT2D eigenvalue weighted by Crippen LogP contribution is -2.60. The van der Waals surface area contributed by atoms with Crippen molar-refractivity contribution in [2.24, 2.45) is 0 Å². The molecule has 0 heterocycles. The highest BCUT2D eigenvalue weighted by Crippen LogP contribution is 2.32. The van der Waals surface area contributed by atoms with E-state index in [9.17, 15) is 9.59 Å². The Labute approximate surface area is 127 Å². The van der Waals surface area contributed by atoms with Crippen molar-refractivity contribution in [1.29, 1.82) is 0 Å². The third-order valence-electron chi connectivity index (χ3n) is 4.84. The Morgan fingerprint density at radius 1 is 1.05 bits per heavy atom. The van der Waals surface area contributed by atoms with Crippen LogP contribution in [0.5, 0.6) is 0 Å². The molecule has 2 aliphatic carbocycles. The standard InChI is InChI=1S/C16H28N2O3/c1-21-15(20)16(10-7-11-16)17-12-14(19)18-13-8-5-3-2-4-6-9-13/h13,17H,2-12H2,1H3,(H,18,19). The molecule has 21 heavy (non-hydrogen) atoms. The number of carbonyl (C=O) groups excluding carboxylic acids is 2. The normalized spacial score (nSPS) is 22.5. The van der Waals surface area contributed by atoms with Crippen LogP contribution >= 0.6 is 0 Å². The van der Waals surface area contributed by atoms with Crippen LogP contribution in [0.3, 0.4) is 0 Å². The van der Waals surface area contributed by atoms with Gasteiger partial charge in [0.2, 0.25) is 5.91 Å². The van der Waals surface area contributed by atoms with Crippen LogP contribution in [0.25, 0.3) is 0 Å². The summed E-state index contributed by atoms with van der Waals surface area (Å²) in [6.45, 7) is 0.200. The van der Waals surface area contributed by atoms with Gasteiger partial charge in [-0.2, -0.15) is 0 Å². The second kappa shape index (κ2) is 7.78. The number of methoxy groups -OCH3 is 1. The van der Waals surface area contributed by atoms with Crippen LogP contribution < -0.4 is 10.6 Å². The predicted octanol–water partition coefficient (Wildman–Crippen LogP) is 1.90. The van der Waals surface area contributed by atoms with Crippen molar-refractivity contribution in [3.8, 4) is 0 Å². The highest BCUT2D eigenvalue weighted by atomic mass is 16.5. The number of esters is 1. The maximum atomic E-state index is 12.1. The number of rotatable bonds is 5. The zero-order valence-corrected chi connectivity index (χ0v) is 13.1. The molecule has 5 nitrogen and oxygen atoms in total. The van der Waals surface area contributed by atoms with Crippen LogP contribution in [0, 0.1) is 0 Å². The van der Waals surface area contributed by atoms with Crippen molar-refractivity contribution in [2.45, 2.75) is 75.8 Å². The molecule has 2 aliphatic rings. The van der Waals surface area contributed by atoms with Crippen molar-refractivity contribution >= 4 is 11.9 Å². The summed E-state index contributed by atoms with van der Waals surface area (Å²) in [5, 5.41) is 6.22. The lowest BCUT2D eigenvalue weighted by atomic mass is 9.76. The lowest BCUT2D eigenvalue weighted by molar-refractivity contribution is -0.152. The number of hydrogen-bond donors (Lipinski definition) is 2. The van der Waals surface area contributed by atoms with E-state index in [-0.39, 0.29) is 18.4 Å². The second-order valence-corrected chi connectivity index (χ2v) is 6.39. The largest absolute Gasteiger partial charge is 0.468 e. The fourth-order valence-electron chi connectivity index (χ4n) is 3.31. The van der Waals surface area contributed by atoms with Gasteiger partial charge in [0.15, 0.2) is 0 Å². The van der Waals surface area contributed by atoms with Gasteiger partial charge in [-0.25, -0.2) is 0 Å². The van der Waals surface area contributed by atoms with Gasteiger partial charge >= 0.3 is 5.97 Å². The molecule has 2 N–H and O–H groups in total. The van der Waals surface area contributed by atoms with Gasteiger partial charge in [0, 0.05) is 6.04 Å². The molecule has 0 aromatic carbocycles. The number of amides is 1. The van der Waals surface area contributed by atoms with Crippen LogP contribution in [0.15, 0.2) is 0 Å². The Morgan fingerprint density at radius 3 is 2.19 bits per heavy atom. The maximum absolute atomic E-state index is 12.1. The van der Waals surface area contributed by atoms with Crippen LogP contribution in [-0.4, -0.2) is 37.1 Å². The van der Waals surface area contributed by atoms with Gasteiger partial charge in [-0.1, -0.05) is 32.1 Å². The number of nitrogens with one attached hydrogen (secondary N) is 2. The molecule has 0 unspecified atom stereocenters. The molecule has 0 saturated heterocycles. The summed E-state index contributed by atoms with van der Waals surface area (Å²) in [4.78, 5) is 23.9. The molecule has 0 aliphatic heterocycles. The minimum atomic E-state index is -0.618. The Morgan fingerprint density at radius 2 is 1.67 bits per heavy atom. The fourth-order valence-corrected chi connectivity index (χ4v) is 3.31. The van der Waals surface area contributed by atoms with Gasteiger partial charge in [0.1, 0.15) is 5.54 Å². The summed E-state index contributed by atoms with van der Waals surface area (Å²) < 4.78 is 4.84. The van der Waals surface area contributed by atoms with Crippen molar-refractivity contribution in [2.75, 3.05) is 13.7 Å². The van der Waals surface area contributed by atoms with E-state index in [1.54, 1.807) is 0 Å². The van der Waals surface area contributed by atoms with E-state index in [0.717, 1.165) is 32.1 Å². The second-order valence-electron chi connectivity index (χ2n) is 6.39. The maximum Gasteiger partial charge on any atom is 0.326 e. The zero-order chi connectivity index (χ0) is 15.1. The van der Waals surface area contributed by atoms with E-state index < -0.39 is 5.54 Å². The molecule has 0 radical (unpaired) electrons. The molecule has 0 bridgehead atoms. The van der Waals surface area contributed by atoms with Gasteiger partial charge in [-0.05, 0) is 32.1 Å². The van der Waals surface area contributed by atoms with Crippen molar-refractivity contribution in [1.82, 2.24) is 10.6 Å². The van der Waals surface area contributed by atoms with E-state index in [1.807, 2.05) is 0 Å². The van der Waals surface area contributed by atoms with Crippen LogP contribution in [0.2, 0.25) is 0 Å². The van der Waals surface area contributed by atoms with E-state index in [2.05, 4.69) is 10.6 Å². The summed E-state index contributed by atoms with van der Waals surface area (Å²) >= 11 is 0. The van der Waals surface area contributed by atoms with Crippen molar-refractivity contribution in [3.05, 3.63) is 0 Å². The van der Waals surface area contributed by atoms with Crippen LogP contribution in [0.4, 0.5) is 0 Å². The smallest absolute Gasteiger partial charge is 0.326 e. The molecule has 0 aromatic heterocycles. The first-order valence-electron chi connectivity index (χ1n) is 8.29. The molecule has 2 saturated carbocycles. The van der Waals surface area contributed by atoms with Crippen molar-refractivity contribution in [3.63, 3.8) is 0 Å². The third-order valence-corrected chi connectivity index (χ3v) is 4.84. The number of ether oxygens (including phenoxy) is 1. The third kappa shape index (κ3) is 4.43. The lowest BCUT2D eigenvalue weighted by Gasteiger charge is -2.39. The quantitative estimate of drug-likeness (QED) is 0.760. The highest BCUT2D eigenvalue weighted by Gasteiger charge is 2.45. The molecule has 0 spiro atoms. The Hall–Kier alpha value is -1.10. The zero-order valence-electron chi connectivity index (χ0n) is 13.1. The minimum absolute atomic E-state index is 0.00393. The fraction of sp³-hybridized carbons (Fsp3) is 0.875. The minimum Gasteiger partial charge on any atom is -0.468 e. The predicted molar refractivity (Wildman–Crippen MR) is 80.9 cm³/mol. The molecule has 0 aromatic rings. The monoisotopic (exact) mass is 296 g/mol. The van der Waals surface area contributed by atoms with Gasteiger partial charge in [0.25, 0.3) is 0 Å². The molecule has 0 atom stereocenters. The molecular weight excluding hydrogens is 268 g/mol. The summed E-state index contributed by atoms with van der Waals surface area (Å²) in [6, 6.07) is 0.301. The summed E-state index contributed by atoms with van der Waals surface area (Å²) in [5.74, 6) is -0.247. The number of carbonyl (C=O) groups is 2. The van der Waals surface area contributed by atoms with E-state index in [0.29, 0.717) is 6.04 Å². The molecule has 120 valence electrons. The topological polar surface area (TPSA) is 67.4 Å². The van der Waals surface area contributed by atoms with Crippen LogP contribution in [0.1, 0.15) is 64.2 Å². The first-order chi connectivity index (χ1) is 10.2. The average Bonchev–Trinajstić information content (AvgIpc) is 2.40. The van der Waals surface area contributed by atoms with Crippen LogP contribution in [-0.2, 0) is 14.3 Å². The van der Waals surface area contributed by atoms with Gasteiger partial charge in [-0.3, -0.25) is 14.9 Å². The molecule has 5 heteroatoms. The highest BCUT2D eigenvalue weighted by molar-refractivity contribution is 5.84. The molecule has 2 rings (SSSR count). The molecule has 1 amide bonds. The summed E-state index contributed by atoms with van der Waals surface area (Å²) in [6.07, 6.45) is 11.0. The van der Waals surface area contributed by atoms with Gasteiger partial charge < -0.3 is 10.1 Å². The average molecular weight is 296 g/mol. The Kier molecular flexibility index (Phi) is 6.03. The van der Waals surface area contributed by atoms with Crippen molar-refractivity contribution < 1.29 is 14.3 Å². The molecule has 2 fully saturated rings. The Balaban J connectivity index is 1.74. The van der Waals surface area contributed by atoms with Gasteiger partial charge in [-0.15, -0.1) is 0 Å². The summed E-state index contributed by atoms with van der Waals surface area (Å²) in [5.41, 5.74) is -0.618. The van der Waals surface area contributed by atoms with E-state index in [1.165, 1.54) is 39.2 Å². The SMILES string of the molecule is COC(=O)C1(NCC(=O)NC2CCCCCCC2)CCC1. The first-order valence-corrected chi connectivity index (χ1v) is 8.29. The number of hydrogen-bond acceptors (Lipinski definition) is 4. The van der Waals surface area contributed by atoms with E-state index >= 15 is 0 Å². The molecular formula is C16H28N2O3. The first kappa shape index (κ1) is 16.3. The Bertz CT molecular complexity index is 359.